The quantitative estimate of drug-likeness (QED) is 0.859. The number of rotatable bonds is 4. The summed E-state index contributed by atoms with van der Waals surface area (Å²) >= 11 is 6.20. The van der Waals surface area contributed by atoms with Crippen molar-refractivity contribution < 1.29 is 4.74 Å². The van der Waals surface area contributed by atoms with Gasteiger partial charge in [0.1, 0.15) is 16.8 Å². The van der Waals surface area contributed by atoms with Crippen molar-refractivity contribution in [3.05, 3.63) is 16.5 Å². The predicted octanol–water partition coefficient (Wildman–Crippen LogP) is 3.54. The van der Waals surface area contributed by atoms with Crippen molar-refractivity contribution in [3.63, 3.8) is 0 Å². The highest BCUT2D eigenvalue weighted by Gasteiger charge is 2.28. The summed E-state index contributed by atoms with van der Waals surface area (Å²) in [6, 6.07) is 0.315. The molecule has 0 radical (unpaired) electrons. The first-order valence-electron chi connectivity index (χ1n) is 6.86. The molecule has 0 aromatic carbocycles. The molecule has 2 atom stereocenters. The van der Waals surface area contributed by atoms with Crippen molar-refractivity contribution in [3.8, 4) is 0 Å². The van der Waals surface area contributed by atoms with Crippen LogP contribution < -0.4 is 5.32 Å². The minimum Gasteiger partial charge on any atom is -0.379 e. The molecule has 106 valence electrons. The summed E-state index contributed by atoms with van der Waals surface area (Å²) < 4.78 is 5.50. The van der Waals surface area contributed by atoms with E-state index < -0.39 is 0 Å². The SMILES string of the molecule is COC1CCCC1Nc1nc(C(C)C)nc(Cl)c1C. The average Bonchev–Trinajstić information content (AvgIpc) is 2.81. The van der Waals surface area contributed by atoms with Gasteiger partial charge in [0.15, 0.2) is 0 Å². The number of hydrogen-bond acceptors (Lipinski definition) is 4. The highest BCUT2D eigenvalue weighted by Crippen LogP contribution is 2.28. The molecule has 1 aromatic heterocycles. The van der Waals surface area contributed by atoms with Crippen LogP contribution in [0.4, 0.5) is 5.82 Å². The van der Waals surface area contributed by atoms with Gasteiger partial charge in [0.05, 0.1) is 12.1 Å². The van der Waals surface area contributed by atoms with E-state index in [9.17, 15) is 0 Å². The van der Waals surface area contributed by atoms with E-state index in [1.54, 1.807) is 7.11 Å². The molecule has 2 unspecified atom stereocenters. The van der Waals surface area contributed by atoms with Crippen LogP contribution >= 0.6 is 11.6 Å². The Balaban J connectivity index is 2.24. The van der Waals surface area contributed by atoms with Gasteiger partial charge in [0.25, 0.3) is 0 Å². The lowest BCUT2D eigenvalue weighted by Crippen LogP contribution is -2.30. The molecule has 1 heterocycles. The van der Waals surface area contributed by atoms with E-state index >= 15 is 0 Å². The molecule has 0 spiro atoms. The maximum Gasteiger partial charge on any atom is 0.137 e. The zero-order valence-corrected chi connectivity index (χ0v) is 12.8. The van der Waals surface area contributed by atoms with Crippen LogP contribution in [0.3, 0.4) is 0 Å². The number of aromatic nitrogens is 2. The Morgan fingerprint density at radius 1 is 1.32 bits per heavy atom. The zero-order chi connectivity index (χ0) is 14.0. The van der Waals surface area contributed by atoms with Crippen LogP contribution in [0.5, 0.6) is 0 Å². The maximum atomic E-state index is 6.20. The van der Waals surface area contributed by atoms with Gasteiger partial charge in [-0.25, -0.2) is 9.97 Å². The second-order valence-electron chi connectivity index (χ2n) is 5.46. The van der Waals surface area contributed by atoms with Gasteiger partial charge in [0, 0.05) is 18.6 Å². The van der Waals surface area contributed by atoms with Gasteiger partial charge >= 0.3 is 0 Å². The topological polar surface area (TPSA) is 47.0 Å². The molecule has 5 heteroatoms. The van der Waals surface area contributed by atoms with Gasteiger partial charge in [-0.3, -0.25) is 0 Å². The molecule has 0 amide bonds. The molecule has 1 saturated carbocycles. The third-order valence-corrected chi connectivity index (χ3v) is 4.07. The second-order valence-corrected chi connectivity index (χ2v) is 5.81. The van der Waals surface area contributed by atoms with E-state index in [1.165, 1.54) is 6.42 Å². The van der Waals surface area contributed by atoms with Gasteiger partial charge in [-0.05, 0) is 26.2 Å². The predicted molar refractivity (Wildman–Crippen MR) is 77.9 cm³/mol. The molecule has 0 aliphatic heterocycles. The first-order valence-corrected chi connectivity index (χ1v) is 7.24. The van der Waals surface area contributed by atoms with E-state index in [2.05, 4.69) is 29.1 Å². The summed E-state index contributed by atoms with van der Waals surface area (Å²) in [5.74, 6) is 1.89. The Morgan fingerprint density at radius 3 is 2.68 bits per heavy atom. The average molecular weight is 284 g/mol. The summed E-state index contributed by atoms with van der Waals surface area (Å²) in [5, 5.41) is 4.02. The van der Waals surface area contributed by atoms with Crippen LogP contribution in [0.25, 0.3) is 0 Å². The number of nitrogens with one attached hydrogen (secondary N) is 1. The monoisotopic (exact) mass is 283 g/mol. The first kappa shape index (κ1) is 14.5. The van der Waals surface area contributed by atoms with Gasteiger partial charge in [-0.1, -0.05) is 25.4 Å². The third-order valence-electron chi connectivity index (χ3n) is 3.70. The summed E-state index contributed by atoms with van der Waals surface area (Å²) in [4.78, 5) is 8.93. The standard InChI is InChI=1S/C14H22ClN3O/c1-8(2)13-17-12(15)9(3)14(18-13)16-10-6-5-7-11(10)19-4/h8,10-11H,5-7H2,1-4H3,(H,16,17,18). The smallest absolute Gasteiger partial charge is 0.137 e. The maximum absolute atomic E-state index is 6.20. The highest BCUT2D eigenvalue weighted by atomic mass is 35.5. The molecular formula is C14H22ClN3O. The number of anilines is 1. The number of hydrogen-bond donors (Lipinski definition) is 1. The summed E-state index contributed by atoms with van der Waals surface area (Å²) in [6.07, 6.45) is 3.65. The van der Waals surface area contributed by atoms with Gasteiger partial charge < -0.3 is 10.1 Å². The molecule has 19 heavy (non-hydrogen) atoms. The highest BCUT2D eigenvalue weighted by molar-refractivity contribution is 6.30. The van der Waals surface area contributed by atoms with Crippen LogP contribution in [0.2, 0.25) is 5.15 Å². The zero-order valence-electron chi connectivity index (χ0n) is 12.0. The number of ether oxygens (including phenoxy) is 1. The van der Waals surface area contributed by atoms with Crippen LogP contribution in [-0.4, -0.2) is 29.2 Å². The molecule has 0 saturated heterocycles. The Kier molecular flexibility index (Phi) is 4.63. The molecule has 0 bridgehead atoms. The van der Waals surface area contributed by atoms with E-state index in [0.29, 0.717) is 11.2 Å². The Hall–Kier alpha value is -0.870. The minimum atomic E-state index is 0.260. The molecule has 1 aliphatic rings. The summed E-state index contributed by atoms with van der Waals surface area (Å²) in [6.45, 7) is 6.09. The normalized spacial score (nSPS) is 23.1. The van der Waals surface area contributed by atoms with E-state index in [1.807, 2.05) is 6.92 Å². The van der Waals surface area contributed by atoms with Crippen molar-refractivity contribution in [1.29, 1.82) is 0 Å². The lowest BCUT2D eigenvalue weighted by molar-refractivity contribution is 0.101. The number of methoxy groups -OCH3 is 1. The second kappa shape index (κ2) is 6.06. The summed E-state index contributed by atoms with van der Waals surface area (Å²) in [7, 11) is 1.77. The van der Waals surface area contributed by atoms with Gasteiger partial charge in [-0.2, -0.15) is 0 Å². The molecule has 1 N–H and O–H groups in total. The van der Waals surface area contributed by atoms with Crippen molar-refractivity contribution >= 4 is 17.4 Å². The third kappa shape index (κ3) is 3.18. The summed E-state index contributed by atoms with van der Waals surface area (Å²) in [5.41, 5.74) is 0.910. The Labute approximate surface area is 119 Å². The fraction of sp³-hybridized carbons (Fsp3) is 0.714. The van der Waals surface area contributed by atoms with Crippen molar-refractivity contribution in [2.45, 2.75) is 58.1 Å². The lowest BCUT2D eigenvalue weighted by atomic mass is 10.2. The Bertz CT molecular complexity index is 451. The van der Waals surface area contributed by atoms with Crippen molar-refractivity contribution in [2.24, 2.45) is 0 Å². The van der Waals surface area contributed by atoms with Crippen LogP contribution in [0.15, 0.2) is 0 Å². The number of halogens is 1. The molecule has 1 aromatic rings. The van der Waals surface area contributed by atoms with Gasteiger partial charge in [0.2, 0.25) is 0 Å². The minimum absolute atomic E-state index is 0.260. The fourth-order valence-electron chi connectivity index (χ4n) is 2.45. The largest absolute Gasteiger partial charge is 0.379 e. The first-order chi connectivity index (χ1) is 9.02. The van der Waals surface area contributed by atoms with E-state index in [0.717, 1.165) is 30.0 Å². The fourth-order valence-corrected chi connectivity index (χ4v) is 2.63. The molecular weight excluding hydrogens is 262 g/mol. The van der Waals surface area contributed by atoms with Crippen LogP contribution in [-0.2, 0) is 4.74 Å². The molecule has 1 fully saturated rings. The molecule has 4 nitrogen and oxygen atoms in total. The van der Waals surface area contributed by atoms with Crippen LogP contribution in [0, 0.1) is 6.92 Å². The lowest BCUT2D eigenvalue weighted by Gasteiger charge is -2.22. The number of nitrogens with zero attached hydrogens (tertiary/aromatic N) is 2. The molecule has 2 rings (SSSR count). The van der Waals surface area contributed by atoms with Gasteiger partial charge in [-0.15, -0.1) is 0 Å². The van der Waals surface area contributed by atoms with Crippen molar-refractivity contribution in [1.82, 2.24) is 9.97 Å². The molecule has 1 aliphatic carbocycles. The Morgan fingerprint density at radius 2 is 2.05 bits per heavy atom. The van der Waals surface area contributed by atoms with E-state index in [-0.39, 0.29) is 12.0 Å². The van der Waals surface area contributed by atoms with Crippen molar-refractivity contribution in [2.75, 3.05) is 12.4 Å². The van der Waals surface area contributed by atoms with Crippen LogP contribution in [0.1, 0.15) is 50.4 Å². The van der Waals surface area contributed by atoms with E-state index in [4.69, 9.17) is 16.3 Å².